The van der Waals surface area contributed by atoms with E-state index in [0.29, 0.717) is 0 Å². The number of hydrogen-bond acceptors (Lipinski definition) is 3. The normalized spacial score (nSPS) is 11.2. The van der Waals surface area contributed by atoms with Crippen LogP contribution in [0.1, 0.15) is 0 Å². The third kappa shape index (κ3) is 2.09. The number of hydrogen-bond donors (Lipinski definition) is 0. The first-order valence-electron chi connectivity index (χ1n) is 2.87. The summed E-state index contributed by atoms with van der Waals surface area (Å²) in [6.45, 7) is 0. The quantitative estimate of drug-likeness (QED) is 0.700. The van der Waals surface area contributed by atoms with E-state index in [2.05, 4.69) is 4.94 Å². The first-order valence-corrected chi connectivity index (χ1v) is 5.18. The summed E-state index contributed by atoms with van der Waals surface area (Å²) in [5, 5.41) is 0. The molecule has 0 atom stereocenters. The van der Waals surface area contributed by atoms with E-state index >= 15 is 0 Å². The zero-order valence-corrected chi connectivity index (χ0v) is 7.27. The molecule has 1 aromatic rings. The maximum absolute atomic E-state index is 11.5. The second kappa shape index (κ2) is 3.28. The second-order valence-electron chi connectivity index (χ2n) is 1.99. The topological polar surface area (TPSA) is 43.4 Å². The summed E-state index contributed by atoms with van der Waals surface area (Å²) in [6.07, 6.45) is 0. The standard InChI is InChI=1S/C6H4ClFO3S/c7-12(9,10)6-3-1-5(11-8)2-4-6/h1-4H. The van der Waals surface area contributed by atoms with Gasteiger partial charge in [0.1, 0.15) is 0 Å². The van der Waals surface area contributed by atoms with Crippen molar-refractivity contribution in [3.63, 3.8) is 0 Å². The van der Waals surface area contributed by atoms with Crippen LogP contribution in [0.5, 0.6) is 5.75 Å². The van der Waals surface area contributed by atoms with Gasteiger partial charge in [0, 0.05) is 15.2 Å². The van der Waals surface area contributed by atoms with Gasteiger partial charge < -0.3 is 0 Å². The fourth-order valence-corrected chi connectivity index (χ4v) is 1.42. The second-order valence-corrected chi connectivity index (χ2v) is 4.55. The summed E-state index contributed by atoms with van der Waals surface area (Å²) in [4.78, 5) is 3.25. The average molecular weight is 211 g/mol. The molecule has 0 heterocycles. The Morgan fingerprint density at radius 3 is 2.08 bits per heavy atom. The van der Waals surface area contributed by atoms with Gasteiger partial charge in [-0.3, -0.25) is 4.94 Å². The van der Waals surface area contributed by atoms with Gasteiger partial charge in [-0.2, -0.15) is 0 Å². The van der Waals surface area contributed by atoms with Crippen LogP contribution in [0.25, 0.3) is 0 Å². The molecular formula is C6H4ClFO3S. The van der Waals surface area contributed by atoms with E-state index in [0.717, 1.165) is 24.3 Å². The number of halogens is 2. The molecule has 12 heavy (non-hydrogen) atoms. The van der Waals surface area contributed by atoms with Crippen LogP contribution in [-0.2, 0) is 9.05 Å². The Hall–Kier alpha value is -0.810. The molecule has 0 saturated heterocycles. The number of benzene rings is 1. The lowest BCUT2D eigenvalue weighted by Gasteiger charge is -1.95. The molecule has 0 saturated carbocycles. The predicted octanol–water partition coefficient (Wildman–Crippen LogP) is 1.88. The minimum absolute atomic E-state index is 0.0703. The molecule has 3 nitrogen and oxygen atoms in total. The molecule has 6 heteroatoms. The van der Waals surface area contributed by atoms with Crippen LogP contribution in [0, 0.1) is 0 Å². The van der Waals surface area contributed by atoms with E-state index in [1.807, 2.05) is 0 Å². The van der Waals surface area contributed by atoms with Gasteiger partial charge in [0.25, 0.3) is 9.05 Å². The molecule has 0 unspecified atom stereocenters. The van der Waals surface area contributed by atoms with Crippen molar-refractivity contribution in [2.75, 3.05) is 0 Å². The van der Waals surface area contributed by atoms with Gasteiger partial charge in [-0.15, -0.1) is 0 Å². The van der Waals surface area contributed by atoms with E-state index < -0.39 is 9.05 Å². The molecule has 1 rings (SSSR count). The lowest BCUT2D eigenvalue weighted by molar-refractivity contribution is -0.00626. The molecule has 0 aliphatic rings. The van der Waals surface area contributed by atoms with Crippen molar-refractivity contribution in [1.82, 2.24) is 0 Å². The lowest BCUT2D eigenvalue weighted by Crippen LogP contribution is -1.89. The van der Waals surface area contributed by atoms with Crippen LogP contribution < -0.4 is 4.94 Å². The summed E-state index contributed by atoms with van der Waals surface area (Å²) in [5.41, 5.74) is 0. The SMILES string of the molecule is O=S(=O)(Cl)c1ccc(OF)cc1. The van der Waals surface area contributed by atoms with E-state index in [4.69, 9.17) is 10.7 Å². The molecule has 0 spiro atoms. The summed E-state index contributed by atoms with van der Waals surface area (Å²) in [7, 11) is 1.26. The van der Waals surface area contributed by atoms with E-state index in [1.54, 1.807) is 0 Å². The van der Waals surface area contributed by atoms with E-state index in [9.17, 15) is 12.9 Å². The van der Waals surface area contributed by atoms with Crippen LogP contribution in [-0.4, -0.2) is 8.42 Å². The first-order chi connectivity index (χ1) is 5.54. The fourth-order valence-electron chi connectivity index (χ4n) is 0.654. The zero-order valence-electron chi connectivity index (χ0n) is 5.70. The number of rotatable bonds is 2. The van der Waals surface area contributed by atoms with Crippen LogP contribution in [0.4, 0.5) is 4.53 Å². The highest BCUT2D eigenvalue weighted by Crippen LogP contribution is 2.18. The predicted molar refractivity (Wildman–Crippen MR) is 41.2 cm³/mol. The van der Waals surface area contributed by atoms with Crippen molar-refractivity contribution < 1.29 is 17.9 Å². The third-order valence-corrected chi connectivity index (χ3v) is 2.56. The van der Waals surface area contributed by atoms with Crippen LogP contribution in [0.2, 0.25) is 0 Å². The van der Waals surface area contributed by atoms with E-state index in [1.165, 1.54) is 0 Å². The fraction of sp³-hybridized carbons (Fsp3) is 0. The maximum atomic E-state index is 11.5. The third-order valence-electron chi connectivity index (χ3n) is 1.19. The highest BCUT2D eigenvalue weighted by Gasteiger charge is 2.08. The Morgan fingerprint density at radius 2 is 1.75 bits per heavy atom. The average Bonchev–Trinajstić information content (AvgIpc) is 2.03. The molecule has 66 valence electrons. The Bertz CT molecular complexity index is 359. The lowest BCUT2D eigenvalue weighted by atomic mass is 10.3. The molecule has 0 aromatic heterocycles. The Labute approximate surface area is 73.0 Å². The van der Waals surface area contributed by atoms with Gasteiger partial charge in [-0.05, 0) is 24.3 Å². The molecule has 0 aliphatic heterocycles. The maximum Gasteiger partial charge on any atom is 0.261 e. The van der Waals surface area contributed by atoms with Gasteiger partial charge in [0.05, 0.1) is 4.90 Å². The van der Waals surface area contributed by atoms with Crippen LogP contribution >= 0.6 is 10.7 Å². The highest BCUT2D eigenvalue weighted by atomic mass is 35.7. The molecule has 0 bridgehead atoms. The van der Waals surface area contributed by atoms with Crippen molar-refractivity contribution in [3.8, 4) is 5.75 Å². The minimum Gasteiger partial charge on any atom is -0.294 e. The van der Waals surface area contributed by atoms with Crippen molar-refractivity contribution in [2.24, 2.45) is 0 Å². The summed E-state index contributed by atoms with van der Waals surface area (Å²) in [6, 6.07) is 4.62. The van der Waals surface area contributed by atoms with Crippen molar-refractivity contribution in [1.29, 1.82) is 0 Å². The van der Waals surface area contributed by atoms with Crippen molar-refractivity contribution >= 4 is 19.7 Å². The largest absolute Gasteiger partial charge is 0.294 e. The summed E-state index contributed by atoms with van der Waals surface area (Å²) >= 11 is 0. The summed E-state index contributed by atoms with van der Waals surface area (Å²) < 4.78 is 32.8. The molecule has 0 N–H and O–H groups in total. The van der Waals surface area contributed by atoms with Gasteiger partial charge >= 0.3 is 0 Å². The molecular weight excluding hydrogens is 207 g/mol. The Morgan fingerprint density at radius 1 is 1.25 bits per heavy atom. The van der Waals surface area contributed by atoms with Gasteiger partial charge in [-0.25, -0.2) is 8.42 Å². The van der Waals surface area contributed by atoms with Gasteiger partial charge in [0.2, 0.25) is 0 Å². The van der Waals surface area contributed by atoms with Crippen molar-refractivity contribution in [2.45, 2.75) is 4.90 Å². The minimum atomic E-state index is -3.73. The Kier molecular flexibility index (Phi) is 2.54. The first kappa shape index (κ1) is 9.28. The van der Waals surface area contributed by atoms with Crippen molar-refractivity contribution in [3.05, 3.63) is 24.3 Å². The monoisotopic (exact) mass is 210 g/mol. The molecule has 1 aromatic carbocycles. The summed E-state index contributed by atoms with van der Waals surface area (Å²) in [5.74, 6) is -0.0703. The van der Waals surface area contributed by atoms with Crippen LogP contribution in [0.15, 0.2) is 29.2 Å². The molecule has 0 radical (unpaired) electrons. The Balaban J connectivity index is 3.09. The highest BCUT2D eigenvalue weighted by molar-refractivity contribution is 8.13. The molecule has 0 amide bonds. The molecule has 0 aliphatic carbocycles. The van der Waals surface area contributed by atoms with Crippen LogP contribution in [0.3, 0.4) is 0 Å². The zero-order chi connectivity index (χ0) is 9.19. The van der Waals surface area contributed by atoms with Gasteiger partial charge in [0.15, 0.2) is 5.75 Å². The molecule has 0 fully saturated rings. The van der Waals surface area contributed by atoms with E-state index in [-0.39, 0.29) is 10.6 Å². The smallest absolute Gasteiger partial charge is 0.261 e. The van der Waals surface area contributed by atoms with Gasteiger partial charge in [-0.1, -0.05) is 0 Å².